The topological polar surface area (TPSA) is 100 Å². The summed E-state index contributed by atoms with van der Waals surface area (Å²) in [6.07, 6.45) is 4.14. The first-order chi connectivity index (χ1) is 13.5. The second-order valence-corrected chi connectivity index (χ2v) is 6.58. The van der Waals surface area contributed by atoms with E-state index in [1.807, 2.05) is 0 Å². The van der Waals surface area contributed by atoms with Gasteiger partial charge in [-0.2, -0.15) is 0 Å². The monoisotopic (exact) mass is 403 g/mol. The molecule has 1 N–H and O–H groups in total. The molecule has 8 nitrogen and oxygen atoms in total. The minimum Gasteiger partial charge on any atom is -0.382 e. The molecular formula is C20H37NO7. The molecule has 0 aliphatic rings. The van der Waals surface area contributed by atoms with Gasteiger partial charge in [-0.1, -0.05) is 12.8 Å². The van der Waals surface area contributed by atoms with Gasteiger partial charge in [0.25, 0.3) is 0 Å². The third kappa shape index (κ3) is 16.8. The van der Waals surface area contributed by atoms with Crippen LogP contribution in [0.5, 0.6) is 0 Å². The smallest absolute Gasteiger partial charge is 0.222 e. The Morgan fingerprint density at radius 1 is 0.750 bits per heavy atom. The molecule has 0 aromatic heterocycles. The summed E-state index contributed by atoms with van der Waals surface area (Å²) < 4.78 is 20.2. The number of unbranched alkanes of at least 4 members (excludes halogenated alkanes) is 2. The van der Waals surface area contributed by atoms with Crippen molar-refractivity contribution in [1.82, 2.24) is 5.32 Å². The highest BCUT2D eigenvalue weighted by Crippen LogP contribution is 2.08. The number of Topliss-reactive ketones (excluding diaryl/α,β-unsaturated/α-hetero) is 2. The van der Waals surface area contributed by atoms with Gasteiger partial charge in [-0.25, -0.2) is 0 Å². The standard InChI is InChI=1S/C20H37NO7/c1-17(22)19(21-20(24)10-12-28-16-14-26-3)8-6-4-5-7-18(23)9-11-27-15-13-25-2/h19H,4-16H2,1-3H3,(H,21,24). The molecule has 0 aliphatic heterocycles. The highest BCUT2D eigenvalue weighted by molar-refractivity contribution is 5.87. The third-order valence-electron chi connectivity index (χ3n) is 4.14. The van der Waals surface area contributed by atoms with Crippen molar-refractivity contribution in [3.05, 3.63) is 0 Å². The van der Waals surface area contributed by atoms with Gasteiger partial charge in [0, 0.05) is 33.5 Å². The fourth-order valence-electron chi connectivity index (χ4n) is 2.46. The van der Waals surface area contributed by atoms with Gasteiger partial charge in [0.1, 0.15) is 5.78 Å². The maximum Gasteiger partial charge on any atom is 0.222 e. The van der Waals surface area contributed by atoms with E-state index >= 15 is 0 Å². The molecule has 0 aromatic carbocycles. The van der Waals surface area contributed by atoms with E-state index in [-0.39, 0.29) is 23.9 Å². The van der Waals surface area contributed by atoms with Crippen LogP contribution in [0.4, 0.5) is 0 Å². The van der Waals surface area contributed by atoms with Crippen LogP contribution in [0.3, 0.4) is 0 Å². The van der Waals surface area contributed by atoms with Crippen molar-refractivity contribution < 1.29 is 33.3 Å². The predicted octanol–water partition coefficient (Wildman–Crippen LogP) is 1.69. The van der Waals surface area contributed by atoms with Crippen molar-refractivity contribution in [3.63, 3.8) is 0 Å². The summed E-state index contributed by atoms with van der Waals surface area (Å²) in [6, 6.07) is -0.476. The molecule has 0 fully saturated rings. The molecule has 0 heterocycles. The Morgan fingerprint density at radius 3 is 1.93 bits per heavy atom. The van der Waals surface area contributed by atoms with Gasteiger partial charge in [0.15, 0.2) is 5.78 Å². The largest absolute Gasteiger partial charge is 0.382 e. The molecule has 0 radical (unpaired) electrons. The van der Waals surface area contributed by atoms with Gasteiger partial charge in [-0.05, 0) is 19.8 Å². The molecule has 1 amide bonds. The summed E-state index contributed by atoms with van der Waals surface area (Å²) in [5.74, 6) is -0.0680. The first-order valence-electron chi connectivity index (χ1n) is 9.96. The van der Waals surface area contributed by atoms with Crippen LogP contribution in [0.2, 0.25) is 0 Å². The molecule has 0 aromatic rings. The number of rotatable bonds is 20. The summed E-state index contributed by atoms with van der Waals surface area (Å²) >= 11 is 0. The second kappa shape index (κ2) is 19.0. The van der Waals surface area contributed by atoms with E-state index in [0.29, 0.717) is 58.9 Å². The Labute approximate surface area is 168 Å². The predicted molar refractivity (Wildman–Crippen MR) is 105 cm³/mol. The average Bonchev–Trinajstić information content (AvgIpc) is 2.66. The molecular weight excluding hydrogens is 366 g/mol. The lowest BCUT2D eigenvalue weighted by Crippen LogP contribution is -2.40. The number of carbonyl (C=O) groups is 3. The Kier molecular flexibility index (Phi) is 18.1. The number of nitrogens with one attached hydrogen (secondary N) is 1. The number of amides is 1. The Morgan fingerprint density at radius 2 is 1.36 bits per heavy atom. The van der Waals surface area contributed by atoms with E-state index in [1.165, 1.54) is 6.92 Å². The Bertz CT molecular complexity index is 429. The summed E-state index contributed by atoms with van der Waals surface area (Å²) in [7, 11) is 3.19. The van der Waals surface area contributed by atoms with E-state index in [9.17, 15) is 14.4 Å². The molecule has 28 heavy (non-hydrogen) atoms. The normalized spacial score (nSPS) is 12.0. The van der Waals surface area contributed by atoms with Crippen LogP contribution in [0.25, 0.3) is 0 Å². The third-order valence-corrected chi connectivity index (χ3v) is 4.14. The molecule has 0 aliphatic carbocycles. The highest BCUT2D eigenvalue weighted by atomic mass is 16.5. The minimum absolute atomic E-state index is 0.0575. The molecule has 8 heteroatoms. The molecule has 0 spiro atoms. The zero-order chi connectivity index (χ0) is 21.0. The summed E-state index contributed by atoms with van der Waals surface area (Å²) in [4.78, 5) is 35.4. The first-order valence-corrected chi connectivity index (χ1v) is 9.96. The lowest BCUT2D eigenvalue weighted by atomic mass is 10.0. The zero-order valence-corrected chi connectivity index (χ0v) is 17.6. The van der Waals surface area contributed by atoms with Crippen molar-refractivity contribution in [2.24, 2.45) is 0 Å². The van der Waals surface area contributed by atoms with Crippen molar-refractivity contribution in [2.45, 2.75) is 57.9 Å². The summed E-state index contributed by atoms with van der Waals surface area (Å²) in [5, 5.41) is 2.76. The average molecular weight is 404 g/mol. The van der Waals surface area contributed by atoms with Gasteiger partial charge in [-0.15, -0.1) is 0 Å². The van der Waals surface area contributed by atoms with Crippen molar-refractivity contribution in [2.75, 3.05) is 53.9 Å². The highest BCUT2D eigenvalue weighted by Gasteiger charge is 2.16. The van der Waals surface area contributed by atoms with E-state index in [1.54, 1.807) is 14.2 Å². The number of ketones is 2. The number of hydrogen-bond acceptors (Lipinski definition) is 7. The second-order valence-electron chi connectivity index (χ2n) is 6.58. The van der Waals surface area contributed by atoms with Crippen LogP contribution >= 0.6 is 0 Å². The quantitative estimate of drug-likeness (QED) is 0.309. The fourth-order valence-corrected chi connectivity index (χ4v) is 2.46. The lowest BCUT2D eigenvalue weighted by Gasteiger charge is -2.16. The van der Waals surface area contributed by atoms with Gasteiger partial charge < -0.3 is 24.3 Å². The Hall–Kier alpha value is -1.35. The first kappa shape index (κ1) is 26.6. The van der Waals surface area contributed by atoms with E-state index in [2.05, 4.69) is 5.32 Å². The van der Waals surface area contributed by atoms with Crippen LogP contribution in [-0.4, -0.2) is 77.4 Å². The Balaban J connectivity index is 3.79. The van der Waals surface area contributed by atoms with E-state index in [0.717, 1.165) is 19.3 Å². The van der Waals surface area contributed by atoms with E-state index in [4.69, 9.17) is 18.9 Å². The molecule has 0 saturated heterocycles. The van der Waals surface area contributed by atoms with Crippen LogP contribution in [0, 0.1) is 0 Å². The lowest BCUT2D eigenvalue weighted by molar-refractivity contribution is -0.127. The number of methoxy groups -OCH3 is 2. The molecule has 1 atom stereocenters. The van der Waals surface area contributed by atoms with Crippen molar-refractivity contribution in [3.8, 4) is 0 Å². The van der Waals surface area contributed by atoms with Crippen LogP contribution in [-0.2, 0) is 33.3 Å². The number of ether oxygens (including phenoxy) is 4. The van der Waals surface area contributed by atoms with Crippen LogP contribution in [0.1, 0.15) is 51.9 Å². The SMILES string of the molecule is COCCOCCC(=O)CCCCCC(NC(=O)CCOCCOC)C(C)=O. The summed E-state index contributed by atoms with van der Waals surface area (Å²) in [6.45, 7) is 4.17. The van der Waals surface area contributed by atoms with Crippen LogP contribution in [0.15, 0.2) is 0 Å². The molecule has 0 bridgehead atoms. The molecule has 1 unspecified atom stereocenters. The minimum atomic E-state index is -0.476. The molecule has 164 valence electrons. The number of hydrogen-bond donors (Lipinski definition) is 1. The van der Waals surface area contributed by atoms with E-state index < -0.39 is 6.04 Å². The van der Waals surface area contributed by atoms with Gasteiger partial charge >= 0.3 is 0 Å². The van der Waals surface area contributed by atoms with Gasteiger partial charge in [0.05, 0.1) is 45.7 Å². The van der Waals surface area contributed by atoms with Crippen molar-refractivity contribution in [1.29, 1.82) is 0 Å². The zero-order valence-electron chi connectivity index (χ0n) is 17.6. The van der Waals surface area contributed by atoms with Crippen molar-refractivity contribution >= 4 is 17.5 Å². The number of carbonyl (C=O) groups excluding carboxylic acids is 3. The maximum atomic E-state index is 11.9. The van der Waals surface area contributed by atoms with Gasteiger partial charge in [0.2, 0.25) is 5.91 Å². The van der Waals surface area contributed by atoms with Gasteiger partial charge in [-0.3, -0.25) is 14.4 Å². The molecule has 0 rings (SSSR count). The fraction of sp³-hybridized carbons (Fsp3) is 0.850. The molecule has 0 saturated carbocycles. The maximum absolute atomic E-state index is 11.9. The van der Waals surface area contributed by atoms with Crippen LogP contribution < -0.4 is 5.32 Å². The summed E-state index contributed by atoms with van der Waals surface area (Å²) in [5.41, 5.74) is 0.